The molecule has 9 heteroatoms. The number of carbonyl (C=O) groups excluding carboxylic acids is 1. The third-order valence-electron chi connectivity index (χ3n) is 4.37. The first kappa shape index (κ1) is 24.8. The molecule has 0 fully saturated rings. The van der Waals surface area contributed by atoms with Gasteiger partial charge in [0.05, 0.1) is 11.5 Å². The van der Waals surface area contributed by atoms with Crippen LogP contribution < -0.4 is 15.8 Å². The van der Waals surface area contributed by atoms with Gasteiger partial charge in [-0.05, 0) is 37.5 Å². The number of sulfonamides is 1. The lowest BCUT2D eigenvalue weighted by molar-refractivity contribution is 0.0941. The Morgan fingerprint density at radius 2 is 1.88 bits per heavy atom. The molecule has 0 saturated carbocycles. The maximum Gasteiger partial charge on any atom is 0.251 e. The van der Waals surface area contributed by atoms with Crippen molar-refractivity contribution < 1.29 is 17.9 Å². The van der Waals surface area contributed by atoms with Crippen LogP contribution in [0.15, 0.2) is 23.1 Å². The molecule has 0 radical (unpaired) electrons. The number of benzene rings is 1. The molecule has 0 aliphatic carbocycles. The first-order valence-corrected chi connectivity index (χ1v) is 9.83. The number of carbonyl (C=O) groups is 1. The van der Waals surface area contributed by atoms with Gasteiger partial charge in [-0.25, -0.2) is 13.1 Å². The Labute approximate surface area is 162 Å². The second-order valence-corrected chi connectivity index (χ2v) is 7.89. The van der Waals surface area contributed by atoms with Crippen LogP contribution in [0, 0.1) is 6.92 Å². The van der Waals surface area contributed by atoms with E-state index >= 15 is 0 Å². The van der Waals surface area contributed by atoms with Crippen LogP contribution in [-0.2, 0) is 14.8 Å². The molecule has 0 aliphatic heterocycles. The fourth-order valence-electron chi connectivity index (χ4n) is 2.23. The molecule has 0 heterocycles. The van der Waals surface area contributed by atoms with E-state index in [1.54, 1.807) is 13.0 Å². The molecule has 0 aliphatic rings. The number of nitrogens with one attached hydrogen (secondary N) is 2. The highest BCUT2D eigenvalue weighted by Gasteiger charge is 2.23. The zero-order valence-corrected chi connectivity index (χ0v) is 17.4. The van der Waals surface area contributed by atoms with Crippen LogP contribution in [0.3, 0.4) is 0 Å². The van der Waals surface area contributed by atoms with Crippen molar-refractivity contribution in [2.45, 2.75) is 44.0 Å². The Morgan fingerprint density at radius 1 is 1.27 bits per heavy atom. The Hall–Kier alpha value is -1.19. The lowest BCUT2D eigenvalue weighted by Gasteiger charge is -2.27. The maximum atomic E-state index is 12.5. The molecule has 1 rings (SSSR count). The molecule has 0 spiro atoms. The van der Waals surface area contributed by atoms with Gasteiger partial charge in [0.1, 0.15) is 0 Å². The van der Waals surface area contributed by atoms with Crippen LogP contribution in [0.25, 0.3) is 0 Å². The Kier molecular flexibility index (Phi) is 10.3. The molecule has 1 aromatic carbocycles. The molecule has 4 N–H and O–H groups in total. The number of halogens is 1. The third-order valence-corrected chi connectivity index (χ3v) is 5.83. The predicted molar refractivity (Wildman–Crippen MR) is 105 cm³/mol. The molecule has 150 valence electrons. The normalized spacial score (nSPS) is 11.7. The average molecular weight is 408 g/mol. The topological polar surface area (TPSA) is 111 Å². The second-order valence-electron chi connectivity index (χ2n) is 6.12. The van der Waals surface area contributed by atoms with Gasteiger partial charge >= 0.3 is 0 Å². The fourth-order valence-corrected chi connectivity index (χ4v) is 3.26. The summed E-state index contributed by atoms with van der Waals surface area (Å²) in [6.07, 6.45) is 1.47. The van der Waals surface area contributed by atoms with Crippen LogP contribution in [0.2, 0.25) is 0 Å². The van der Waals surface area contributed by atoms with Gasteiger partial charge in [-0.3, -0.25) is 4.79 Å². The maximum absolute atomic E-state index is 12.5. The van der Waals surface area contributed by atoms with Crippen LogP contribution in [0.1, 0.15) is 42.6 Å². The van der Waals surface area contributed by atoms with Crippen LogP contribution >= 0.6 is 12.4 Å². The van der Waals surface area contributed by atoms with Gasteiger partial charge in [0, 0.05) is 31.3 Å². The summed E-state index contributed by atoms with van der Waals surface area (Å²) in [5, 5.41) is 2.81. The van der Waals surface area contributed by atoms with Crippen LogP contribution in [0.5, 0.6) is 0 Å². The predicted octanol–water partition coefficient (Wildman–Crippen LogP) is 1.59. The van der Waals surface area contributed by atoms with Crippen molar-refractivity contribution in [1.82, 2.24) is 10.0 Å². The molecule has 0 atom stereocenters. The van der Waals surface area contributed by atoms with E-state index < -0.39 is 15.6 Å². The molecular weight excluding hydrogens is 378 g/mol. The summed E-state index contributed by atoms with van der Waals surface area (Å²) in [6, 6.07) is 4.48. The lowest BCUT2D eigenvalue weighted by atomic mass is 9.94. The van der Waals surface area contributed by atoms with Crippen molar-refractivity contribution in [2.24, 2.45) is 5.73 Å². The van der Waals surface area contributed by atoms with E-state index in [-0.39, 0.29) is 36.4 Å². The van der Waals surface area contributed by atoms with E-state index in [0.29, 0.717) is 17.7 Å². The number of ether oxygens (including phenoxy) is 1. The van der Waals surface area contributed by atoms with Gasteiger partial charge < -0.3 is 15.8 Å². The van der Waals surface area contributed by atoms with Crippen molar-refractivity contribution in [1.29, 1.82) is 0 Å². The highest BCUT2D eigenvalue weighted by molar-refractivity contribution is 7.89. The summed E-state index contributed by atoms with van der Waals surface area (Å²) in [5.74, 6) is -0.330. The number of hydrogen-bond acceptors (Lipinski definition) is 5. The SMILES string of the molecule is CCC(N)(CC)CNC(=O)c1cc(S(=O)(=O)NCCOC)ccc1C.Cl. The molecule has 1 aromatic rings. The third kappa shape index (κ3) is 6.85. The minimum Gasteiger partial charge on any atom is -0.383 e. The quantitative estimate of drug-likeness (QED) is 0.510. The fraction of sp³-hybridized carbons (Fsp3) is 0.588. The summed E-state index contributed by atoms with van der Waals surface area (Å²) in [5.41, 5.74) is 6.75. The Morgan fingerprint density at radius 3 is 2.42 bits per heavy atom. The summed E-state index contributed by atoms with van der Waals surface area (Å²) in [6.45, 7) is 6.47. The van der Waals surface area contributed by atoms with E-state index in [4.69, 9.17) is 10.5 Å². The minimum absolute atomic E-state index is 0. The van der Waals surface area contributed by atoms with Crippen molar-refractivity contribution in [3.8, 4) is 0 Å². The van der Waals surface area contributed by atoms with E-state index in [1.807, 2.05) is 13.8 Å². The minimum atomic E-state index is -3.69. The highest BCUT2D eigenvalue weighted by Crippen LogP contribution is 2.16. The van der Waals surface area contributed by atoms with Gasteiger partial charge in [-0.15, -0.1) is 12.4 Å². The number of methoxy groups -OCH3 is 1. The summed E-state index contributed by atoms with van der Waals surface area (Å²) >= 11 is 0. The van der Waals surface area contributed by atoms with Crippen LogP contribution in [0.4, 0.5) is 0 Å². The largest absolute Gasteiger partial charge is 0.383 e. The van der Waals surface area contributed by atoms with Gasteiger partial charge in [0.25, 0.3) is 5.91 Å². The van der Waals surface area contributed by atoms with Crippen molar-refractivity contribution >= 4 is 28.3 Å². The molecule has 0 aromatic heterocycles. The smallest absolute Gasteiger partial charge is 0.251 e. The van der Waals surface area contributed by atoms with Crippen molar-refractivity contribution in [2.75, 3.05) is 26.8 Å². The molecule has 7 nitrogen and oxygen atoms in total. The number of hydrogen-bond donors (Lipinski definition) is 3. The van der Waals surface area contributed by atoms with Gasteiger partial charge in [0.2, 0.25) is 10.0 Å². The highest BCUT2D eigenvalue weighted by atomic mass is 35.5. The first-order valence-electron chi connectivity index (χ1n) is 8.35. The zero-order chi connectivity index (χ0) is 19.1. The molecule has 0 saturated heterocycles. The van der Waals surface area contributed by atoms with Crippen molar-refractivity contribution in [3.63, 3.8) is 0 Å². The van der Waals surface area contributed by atoms with Gasteiger partial charge in [0.15, 0.2) is 0 Å². The number of nitrogens with two attached hydrogens (primary N) is 1. The van der Waals surface area contributed by atoms with Gasteiger partial charge in [-0.2, -0.15) is 0 Å². The monoisotopic (exact) mass is 407 g/mol. The molecule has 0 bridgehead atoms. The lowest BCUT2D eigenvalue weighted by Crippen LogP contribution is -2.49. The average Bonchev–Trinajstić information content (AvgIpc) is 2.59. The molecule has 0 unspecified atom stereocenters. The summed E-state index contributed by atoms with van der Waals surface area (Å²) in [7, 11) is -2.20. The Bertz CT molecular complexity index is 691. The molecule has 1 amide bonds. The van der Waals surface area contributed by atoms with Crippen LogP contribution in [-0.4, -0.2) is 46.7 Å². The van der Waals surface area contributed by atoms with Crippen molar-refractivity contribution in [3.05, 3.63) is 29.3 Å². The second kappa shape index (κ2) is 10.8. The van der Waals surface area contributed by atoms with E-state index in [9.17, 15) is 13.2 Å². The van der Waals surface area contributed by atoms with E-state index in [0.717, 1.165) is 12.8 Å². The van der Waals surface area contributed by atoms with E-state index in [1.165, 1.54) is 19.2 Å². The standard InChI is InChI=1S/C17H29N3O4S.ClH/c1-5-17(18,6-2)12-19-16(21)15-11-14(8-7-13(15)3)25(22,23)20-9-10-24-4;/h7-8,11,20H,5-6,9-10,12,18H2,1-4H3,(H,19,21);1H. The zero-order valence-electron chi connectivity index (χ0n) is 15.8. The number of amides is 1. The first-order chi connectivity index (χ1) is 11.7. The number of aryl methyl sites for hydroxylation is 1. The van der Waals surface area contributed by atoms with Gasteiger partial charge in [-0.1, -0.05) is 19.9 Å². The molecular formula is C17H30ClN3O4S. The summed E-state index contributed by atoms with van der Waals surface area (Å²) in [4.78, 5) is 12.5. The summed E-state index contributed by atoms with van der Waals surface area (Å²) < 4.78 is 31.8. The van der Waals surface area contributed by atoms with E-state index in [2.05, 4.69) is 10.0 Å². The Balaban J connectivity index is 0.00000625. The molecule has 26 heavy (non-hydrogen) atoms. The number of rotatable bonds is 10.